The van der Waals surface area contributed by atoms with Gasteiger partial charge in [0.2, 0.25) is 0 Å². The lowest BCUT2D eigenvalue weighted by Gasteiger charge is -2.00. The van der Waals surface area contributed by atoms with Crippen LogP contribution in [0.1, 0.15) is 39.9 Å². The van der Waals surface area contributed by atoms with Gasteiger partial charge in [0.1, 0.15) is 1.37 Å². The molecule has 28 heavy (non-hydrogen) atoms. The molecule has 0 aliphatic rings. The van der Waals surface area contributed by atoms with E-state index in [1.165, 1.54) is 6.40 Å². The Morgan fingerprint density at radius 1 is 0.857 bits per heavy atom. The Hall–Kier alpha value is -3.90. The van der Waals surface area contributed by atoms with E-state index in [9.17, 15) is 14.4 Å². The number of esters is 2. The van der Waals surface area contributed by atoms with Crippen LogP contribution in [0.2, 0.25) is 0 Å². The maximum Gasteiger partial charge on any atom is 0.313 e. The van der Waals surface area contributed by atoms with Gasteiger partial charge < -0.3 is 9.84 Å². The molecule has 0 unspecified atom stereocenters. The molecule has 0 aromatic heterocycles. The van der Waals surface area contributed by atoms with Crippen molar-refractivity contribution in [1.82, 2.24) is 0 Å². The van der Waals surface area contributed by atoms with Crippen molar-refractivity contribution in [2.45, 2.75) is 38.5 Å². The van der Waals surface area contributed by atoms with Crippen molar-refractivity contribution in [3.05, 3.63) is 31.3 Å². The number of ether oxygens (including phenoxy) is 1. The molecule has 0 aromatic carbocycles. The van der Waals surface area contributed by atoms with Crippen LogP contribution in [0.25, 0.3) is 31.3 Å². The quantitative estimate of drug-likeness (QED) is 0.0987. The molecule has 0 aliphatic heterocycles. The van der Waals surface area contributed by atoms with Gasteiger partial charge in [-0.15, -0.1) is 12.8 Å². The van der Waals surface area contributed by atoms with E-state index >= 15 is 0 Å². The summed E-state index contributed by atoms with van der Waals surface area (Å²) in [5, 5.41) is 17.7. The number of azide groups is 3. The molecule has 14 nitrogen and oxygen atoms in total. The van der Waals surface area contributed by atoms with Crippen molar-refractivity contribution in [3.8, 4) is 12.8 Å². The molecular formula is C14H21N9O5. The van der Waals surface area contributed by atoms with Crippen LogP contribution in [-0.2, 0) is 19.1 Å². The number of terminal acetylenes is 1. The maximum absolute atomic E-state index is 11.0. The predicted molar refractivity (Wildman–Crippen MR) is 98.4 cm³/mol. The van der Waals surface area contributed by atoms with E-state index in [0.29, 0.717) is 19.3 Å². The largest absolute Gasteiger partial charge is 0.481 e. The molecule has 14 heteroatoms. The summed E-state index contributed by atoms with van der Waals surface area (Å²) in [6.07, 6.45) is 6.99. The molecule has 0 bridgehead atoms. The van der Waals surface area contributed by atoms with Crippen LogP contribution in [0.3, 0.4) is 0 Å². The second-order valence-electron chi connectivity index (χ2n) is 4.41. The number of carboxylic acid groups (broad SMARTS) is 1. The van der Waals surface area contributed by atoms with Gasteiger partial charge in [0.15, 0.2) is 0 Å². The summed E-state index contributed by atoms with van der Waals surface area (Å²) in [5.41, 5.74) is 23.7. The molecule has 0 saturated heterocycles. The number of hydrogen-bond donors (Lipinski definition) is 1. The topological polar surface area (TPSA) is 227 Å². The van der Waals surface area contributed by atoms with Gasteiger partial charge in [0, 0.05) is 53.6 Å². The number of hydrogen-bond acceptors (Lipinski definition) is 7. The molecule has 0 rings (SSSR count). The summed E-state index contributed by atoms with van der Waals surface area (Å²) in [6.45, 7) is 0.649. The second-order valence-corrected chi connectivity index (χ2v) is 4.41. The zero-order chi connectivity index (χ0) is 22.8. The lowest BCUT2D eigenvalue weighted by Crippen LogP contribution is -2.12. The highest BCUT2D eigenvalue weighted by molar-refractivity contribution is 5.85. The summed E-state index contributed by atoms with van der Waals surface area (Å²) < 4.78 is 10.2. The van der Waals surface area contributed by atoms with Crippen molar-refractivity contribution >= 4 is 17.9 Å². The molecule has 0 saturated carbocycles. The second kappa shape index (κ2) is 25.3. The maximum atomic E-state index is 11.0. The molecule has 1 N–H and O–H groups in total. The van der Waals surface area contributed by atoms with Crippen molar-refractivity contribution in [2.75, 3.05) is 19.6 Å². The van der Waals surface area contributed by atoms with Gasteiger partial charge in [-0.3, -0.25) is 14.4 Å². The highest BCUT2D eigenvalue weighted by Gasteiger charge is 2.09. The molecule has 0 spiro atoms. The minimum absolute atomic E-state index is 0.0289. The fourth-order valence-corrected chi connectivity index (χ4v) is 1.25. The van der Waals surface area contributed by atoms with E-state index in [4.69, 9.17) is 23.1 Å². The lowest BCUT2D eigenvalue weighted by molar-refractivity contribution is -0.159. The summed E-state index contributed by atoms with van der Waals surface area (Å²) in [4.78, 5) is 39.4. The first-order valence-electron chi connectivity index (χ1n) is 8.24. The number of nitrogens with zero attached hydrogens (tertiary/aromatic N) is 9. The third-order valence-corrected chi connectivity index (χ3v) is 2.34. The number of carboxylic acids is 1. The first-order valence-corrected chi connectivity index (χ1v) is 7.74. The zero-order valence-electron chi connectivity index (χ0n) is 16.0. The molecule has 0 atom stereocenters. The summed E-state index contributed by atoms with van der Waals surface area (Å²) >= 11 is 0. The van der Waals surface area contributed by atoms with Gasteiger partial charge in [0.05, 0.1) is 0 Å². The van der Waals surface area contributed by atoms with E-state index in [1.54, 1.807) is 0 Å². The van der Waals surface area contributed by atoms with Gasteiger partial charge in [0.25, 0.3) is 0 Å². The Balaban J connectivity index is -0.000000471. The molecule has 0 fully saturated rings. The van der Waals surface area contributed by atoms with Crippen molar-refractivity contribution in [2.24, 2.45) is 15.3 Å². The number of aliphatic carboxylic acids is 1. The average Bonchev–Trinajstić information content (AvgIpc) is 2.67. The molecular weight excluding hydrogens is 374 g/mol. The first-order chi connectivity index (χ1) is 13.9. The van der Waals surface area contributed by atoms with Gasteiger partial charge in [-0.1, -0.05) is 15.3 Å². The highest BCUT2D eigenvalue weighted by atomic mass is 16.6. The predicted octanol–water partition coefficient (Wildman–Crippen LogP) is 3.65. The van der Waals surface area contributed by atoms with Crippen LogP contribution in [-0.4, -0.2) is 42.6 Å². The van der Waals surface area contributed by atoms with Gasteiger partial charge in [-0.2, -0.15) is 0 Å². The standard InChI is InChI=1S/C8H12N6O3.C4H7N3O2.C2H2/c9-13-11-5-1-3-7(15)17-8(16)4-2-6-12-14-10;5-7-6-3-1-2-4(8)9;1-2/h1-6H2;1-3H2,(H,8,9);1-2H/i;;1D. The molecule has 0 radical (unpaired) electrons. The fraction of sp³-hybridized carbons (Fsp3) is 0.643. The average molecular weight is 396 g/mol. The van der Waals surface area contributed by atoms with E-state index in [-0.39, 0.29) is 38.9 Å². The Morgan fingerprint density at radius 3 is 1.46 bits per heavy atom. The highest BCUT2D eigenvalue weighted by Crippen LogP contribution is 1.98. The molecule has 0 aromatic rings. The van der Waals surface area contributed by atoms with Crippen molar-refractivity contribution in [3.63, 3.8) is 0 Å². The number of carbonyl (C=O) groups excluding carboxylic acids is 2. The van der Waals surface area contributed by atoms with Crippen LogP contribution in [0.4, 0.5) is 0 Å². The number of rotatable bonds is 12. The van der Waals surface area contributed by atoms with Crippen LogP contribution in [0.15, 0.2) is 15.3 Å². The smallest absolute Gasteiger partial charge is 0.313 e. The van der Waals surface area contributed by atoms with E-state index in [0.717, 1.165) is 0 Å². The first kappa shape index (κ1) is 26.3. The summed E-state index contributed by atoms with van der Waals surface area (Å²) in [5.74, 6) is -2.15. The normalized spacial score (nSPS) is 8.18. The van der Waals surface area contributed by atoms with Crippen molar-refractivity contribution in [1.29, 1.82) is 0 Å². The van der Waals surface area contributed by atoms with Crippen LogP contribution >= 0.6 is 0 Å². The molecule has 0 aliphatic carbocycles. The van der Waals surface area contributed by atoms with Gasteiger partial charge >= 0.3 is 17.9 Å². The summed E-state index contributed by atoms with van der Waals surface area (Å²) in [7, 11) is 0. The van der Waals surface area contributed by atoms with E-state index in [2.05, 4.69) is 41.2 Å². The van der Waals surface area contributed by atoms with Gasteiger partial charge in [-0.05, 0) is 35.9 Å². The van der Waals surface area contributed by atoms with Gasteiger partial charge in [-0.25, -0.2) is 0 Å². The minimum atomic E-state index is -0.858. The Bertz CT molecular complexity index is 639. The third kappa shape index (κ3) is 30.0. The van der Waals surface area contributed by atoms with Crippen LogP contribution in [0, 0.1) is 12.8 Å². The Morgan fingerprint density at radius 2 is 1.18 bits per heavy atom. The van der Waals surface area contributed by atoms with E-state index in [1.807, 2.05) is 0 Å². The van der Waals surface area contributed by atoms with Crippen molar-refractivity contribution < 1.29 is 25.6 Å². The fourth-order valence-electron chi connectivity index (χ4n) is 1.25. The van der Waals surface area contributed by atoms with E-state index < -0.39 is 17.9 Å². The monoisotopic (exact) mass is 396 g/mol. The minimum Gasteiger partial charge on any atom is -0.481 e. The van der Waals surface area contributed by atoms with Crippen LogP contribution in [0.5, 0.6) is 0 Å². The third-order valence-electron chi connectivity index (χ3n) is 2.34. The van der Waals surface area contributed by atoms with Crippen LogP contribution < -0.4 is 0 Å². The molecule has 152 valence electrons. The Labute approximate surface area is 162 Å². The molecule has 0 heterocycles. The SMILES string of the molecule is [2H]C#C.[N-]=[N+]=NCCCC(=O)O.[N-]=[N+]=NCCCC(=O)OC(=O)CCCN=[N+]=[N-]. The number of carbonyl (C=O) groups is 3. The zero-order valence-corrected chi connectivity index (χ0v) is 15.0. The summed E-state index contributed by atoms with van der Waals surface area (Å²) in [6, 6.07) is 0. The molecule has 0 amide bonds. The Kier molecular flexibility index (Phi) is 23.8. The lowest BCUT2D eigenvalue weighted by atomic mass is 10.3.